The van der Waals surface area contributed by atoms with E-state index in [2.05, 4.69) is 14.1 Å². The largest absolute Gasteiger partial charge is 0.393 e. The van der Waals surface area contributed by atoms with Gasteiger partial charge in [0.1, 0.15) is 0 Å². The molecule has 0 bridgehead atoms. The van der Waals surface area contributed by atoms with Gasteiger partial charge < -0.3 is 10.0 Å². The molecule has 1 fully saturated rings. The summed E-state index contributed by atoms with van der Waals surface area (Å²) in [6.45, 7) is 1.13. The van der Waals surface area contributed by atoms with Gasteiger partial charge in [0, 0.05) is 5.92 Å². The second-order valence-electron chi connectivity index (χ2n) is 4.02. The van der Waals surface area contributed by atoms with Gasteiger partial charge in [-0.3, -0.25) is 0 Å². The number of hydrogen-bond acceptors (Lipinski definition) is 1. The molecule has 0 spiro atoms. The van der Waals surface area contributed by atoms with Crippen LogP contribution in [0.3, 0.4) is 0 Å². The summed E-state index contributed by atoms with van der Waals surface area (Å²) in [7, 11) is 4.31. The summed E-state index contributed by atoms with van der Waals surface area (Å²) in [4.78, 5) is 1.45. The summed E-state index contributed by atoms with van der Waals surface area (Å²) in [6.07, 6.45) is 4.78. The van der Waals surface area contributed by atoms with Gasteiger partial charge in [-0.25, -0.2) is 0 Å². The van der Waals surface area contributed by atoms with Crippen molar-refractivity contribution in [3.8, 4) is 0 Å². The fourth-order valence-electron chi connectivity index (χ4n) is 1.95. The molecule has 2 atom stereocenters. The highest BCUT2D eigenvalue weighted by Gasteiger charge is 2.24. The van der Waals surface area contributed by atoms with Crippen LogP contribution in [0.15, 0.2) is 0 Å². The zero-order valence-electron chi connectivity index (χ0n) is 7.64. The molecule has 11 heavy (non-hydrogen) atoms. The monoisotopic (exact) mass is 158 g/mol. The highest BCUT2D eigenvalue weighted by molar-refractivity contribution is 4.73. The Kier molecular flexibility index (Phi) is 3.34. The van der Waals surface area contributed by atoms with Crippen LogP contribution < -0.4 is 4.90 Å². The van der Waals surface area contributed by atoms with Gasteiger partial charge in [0.15, 0.2) is 0 Å². The molecule has 1 rings (SSSR count). The predicted molar refractivity (Wildman–Crippen MR) is 45.6 cm³/mol. The lowest BCUT2D eigenvalue weighted by atomic mass is 9.86. The summed E-state index contributed by atoms with van der Waals surface area (Å²) in [5.41, 5.74) is 0. The summed E-state index contributed by atoms with van der Waals surface area (Å²) < 4.78 is 0. The summed E-state index contributed by atoms with van der Waals surface area (Å²) in [5.74, 6) is 0.564. The molecule has 0 saturated heterocycles. The van der Waals surface area contributed by atoms with Gasteiger partial charge >= 0.3 is 0 Å². The molecule has 1 aliphatic carbocycles. The standard InChI is InChI=1S/C9H19NO/c1-10(2)7-8-5-3-4-6-9(8)11/h8-9,11H,3-7H2,1-2H3/p+1/t8-,9+/m0/s1. The lowest BCUT2D eigenvalue weighted by molar-refractivity contribution is -0.862. The van der Waals surface area contributed by atoms with Gasteiger partial charge in [-0.15, -0.1) is 0 Å². The fourth-order valence-corrected chi connectivity index (χ4v) is 1.95. The fraction of sp³-hybridized carbons (Fsp3) is 1.00. The zero-order valence-corrected chi connectivity index (χ0v) is 7.64. The topological polar surface area (TPSA) is 24.7 Å². The third-order valence-corrected chi connectivity index (χ3v) is 2.54. The smallest absolute Gasteiger partial charge is 0.0820 e. The van der Waals surface area contributed by atoms with E-state index in [1.807, 2.05) is 0 Å². The molecule has 0 radical (unpaired) electrons. The first kappa shape index (κ1) is 9.01. The van der Waals surface area contributed by atoms with Crippen LogP contribution in [0.25, 0.3) is 0 Å². The SMILES string of the molecule is C[NH+](C)C[C@@H]1CCCC[C@H]1O. The van der Waals surface area contributed by atoms with Crippen molar-refractivity contribution in [3.63, 3.8) is 0 Å². The molecule has 0 unspecified atom stereocenters. The van der Waals surface area contributed by atoms with Crippen LogP contribution in [0.1, 0.15) is 25.7 Å². The third kappa shape index (κ3) is 2.80. The Balaban J connectivity index is 2.29. The molecule has 2 nitrogen and oxygen atoms in total. The van der Waals surface area contributed by atoms with Gasteiger partial charge in [-0.2, -0.15) is 0 Å². The van der Waals surface area contributed by atoms with Crippen molar-refractivity contribution in [2.24, 2.45) is 5.92 Å². The number of rotatable bonds is 2. The first-order valence-corrected chi connectivity index (χ1v) is 4.67. The van der Waals surface area contributed by atoms with E-state index < -0.39 is 0 Å². The number of aliphatic hydroxyl groups is 1. The van der Waals surface area contributed by atoms with Crippen LogP contribution in [-0.4, -0.2) is 31.9 Å². The van der Waals surface area contributed by atoms with E-state index >= 15 is 0 Å². The number of hydrogen-bond donors (Lipinski definition) is 2. The van der Waals surface area contributed by atoms with Crippen molar-refractivity contribution in [2.45, 2.75) is 31.8 Å². The molecular formula is C9H20NO+. The van der Waals surface area contributed by atoms with Crippen molar-refractivity contribution in [2.75, 3.05) is 20.6 Å². The van der Waals surface area contributed by atoms with Gasteiger partial charge in [-0.05, 0) is 12.8 Å². The maximum absolute atomic E-state index is 9.60. The second kappa shape index (κ2) is 4.07. The lowest BCUT2D eigenvalue weighted by Crippen LogP contribution is -3.06. The van der Waals surface area contributed by atoms with E-state index in [1.54, 1.807) is 0 Å². The molecule has 0 heterocycles. The molecule has 66 valence electrons. The Morgan fingerprint density at radius 1 is 1.27 bits per heavy atom. The maximum atomic E-state index is 9.60. The molecular weight excluding hydrogens is 138 g/mol. The van der Waals surface area contributed by atoms with Crippen molar-refractivity contribution in [3.05, 3.63) is 0 Å². The molecule has 0 aromatic carbocycles. The summed E-state index contributed by atoms with van der Waals surface area (Å²) in [5, 5.41) is 9.60. The van der Waals surface area contributed by atoms with E-state index in [0.717, 1.165) is 13.0 Å². The Hall–Kier alpha value is -0.0800. The number of nitrogens with one attached hydrogen (secondary N) is 1. The normalized spacial score (nSPS) is 32.7. The average molecular weight is 158 g/mol. The van der Waals surface area contributed by atoms with Gasteiger partial charge in [0.2, 0.25) is 0 Å². The van der Waals surface area contributed by atoms with E-state index in [0.29, 0.717) is 5.92 Å². The maximum Gasteiger partial charge on any atom is 0.0820 e. The first-order chi connectivity index (χ1) is 5.20. The van der Waals surface area contributed by atoms with E-state index in [9.17, 15) is 5.11 Å². The van der Waals surface area contributed by atoms with Crippen molar-refractivity contribution in [1.82, 2.24) is 0 Å². The average Bonchev–Trinajstić information content (AvgIpc) is 1.93. The molecule has 1 aliphatic rings. The highest BCUT2D eigenvalue weighted by Crippen LogP contribution is 2.22. The first-order valence-electron chi connectivity index (χ1n) is 4.67. The molecule has 0 aromatic heterocycles. The van der Waals surface area contributed by atoms with Gasteiger partial charge in [0.05, 0.1) is 26.7 Å². The van der Waals surface area contributed by atoms with Crippen molar-refractivity contribution < 1.29 is 10.0 Å². The third-order valence-electron chi connectivity index (χ3n) is 2.54. The molecule has 0 aliphatic heterocycles. The van der Waals surface area contributed by atoms with Crippen LogP contribution in [0.4, 0.5) is 0 Å². The molecule has 2 heteroatoms. The van der Waals surface area contributed by atoms with Crippen molar-refractivity contribution in [1.29, 1.82) is 0 Å². The summed E-state index contributed by atoms with van der Waals surface area (Å²) in [6, 6.07) is 0. The molecule has 1 saturated carbocycles. The van der Waals surface area contributed by atoms with Crippen LogP contribution >= 0.6 is 0 Å². The minimum atomic E-state index is -0.0151. The number of quaternary nitrogens is 1. The van der Waals surface area contributed by atoms with E-state index in [1.165, 1.54) is 24.2 Å². The Morgan fingerprint density at radius 3 is 2.45 bits per heavy atom. The predicted octanol–water partition coefficient (Wildman–Crippen LogP) is -0.318. The highest BCUT2D eigenvalue weighted by atomic mass is 16.3. The lowest BCUT2D eigenvalue weighted by Gasteiger charge is -2.27. The minimum Gasteiger partial charge on any atom is -0.393 e. The Morgan fingerprint density at radius 2 is 1.91 bits per heavy atom. The number of aliphatic hydroxyl groups excluding tert-OH is 1. The Bertz CT molecular complexity index is 114. The molecule has 0 aromatic rings. The van der Waals surface area contributed by atoms with Crippen LogP contribution in [-0.2, 0) is 0 Å². The van der Waals surface area contributed by atoms with Crippen molar-refractivity contribution >= 4 is 0 Å². The van der Waals surface area contributed by atoms with Crippen LogP contribution in [0.5, 0.6) is 0 Å². The van der Waals surface area contributed by atoms with Gasteiger partial charge in [0.25, 0.3) is 0 Å². The van der Waals surface area contributed by atoms with Crippen LogP contribution in [0.2, 0.25) is 0 Å². The zero-order chi connectivity index (χ0) is 8.27. The van der Waals surface area contributed by atoms with E-state index in [4.69, 9.17) is 0 Å². The van der Waals surface area contributed by atoms with Crippen LogP contribution in [0, 0.1) is 5.92 Å². The second-order valence-corrected chi connectivity index (χ2v) is 4.02. The minimum absolute atomic E-state index is 0.0151. The molecule has 2 N–H and O–H groups in total. The molecule has 0 amide bonds. The summed E-state index contributed by atoms with van der Waals surface area (Å²) >= 11 is 0. The van der Waals surface area contributed by atoms with Gasteiger partial charge in [-0.1, -0.05) is 12.8 Å². The Labute approximate surface area is 69.2 Å². The van der Waals surface area contributed by atoms with E-state index in [-0.39, 0.29) is 6.10 Å². The quantitative estimate of drug-likeness (QED) is 0.566.